The lowest BCUT2D eigenvalue weighted by Gasteiger charge is -2.17. The van der Waals surface area contributed by atoms with Crippen molar-refractivity contribution >= 4 is 34.8 Å². The Bertz CT molecular complexity index is 1020. The molecule has 0 bridgehead atoms. The van der Waals surface area contributed by atoms with E-state index in [-0.39, 0.29) is 18.2 Å². The summed E-state index contributed by atoms with van der Waals surface area (Å²) >= 11 is 6.22. The number of aryl methyl sites for hydroxylation is 1. The number of benzene rings is 2. The Morgan fingerprint density at radius 2 is 1.93 bits per heavy atom. The minimum absolute atomic E-state index is 0.0717. The van der Waals surface area contributed by atoms with Gasteiger partial charge in [0, 0.05) is 18.7 Å². The lowest BCUT2D eigenvalue weighted by atomic mass is 10.1. The zero-order chi connectivity index (χ0) is 19.7. The van der Waals surface area contributed by atoms with Gasteiger partial charge in [-0.25, -0.2) is 4.68 Å². The number of amides is 2. The summed E-state index contributed by atoms with van der Waals surface area (Å²) in [7, 11) is 0. The van der Waals surface area contributed by atoms with Crippen LogP contribution in [-0.4, -0.2) is 38.6 Å². The molecule has 0 aliphatic carbocycles. The molecule has 1 fully saturated rings. The Morgan fingerprint density at radius 3 is 2.64 bits per heavy atom. The topological polar surface area (TPSA) is 93.0 Å². The Labute approximate surface area is 166 Å². The van der Waals surface area contributed by atoms with Crippen LogP contribution in [-0.2, 0) is 9.59 Å². The van der Waals surface area contributed by atoms with E-state index in [1.807, 2.05) is 31.2 Å². The van der Waals surface area contributed by atoms with Crippen LogP contribution in [0.15, 0.2) is 48.8 Å². The van der Waals surface area contributed by atoms with Crippen LogP contribution in [0.25, 0.3) is 5.69 Å². The molecule has 142 valence electrons. The molecule has 8 nitrogen and oxygen atoms in total. The summed E-state index contributed by atoms with van der Waals surface area (Å²) in [4.78, 5) is 26.8. The highest BCUT2D eigenvalue weighted by Gasteiger charge is 2.35. The monoisotopic (exact) mass is 396 g/mol. The Balaban J connectivity index is 1.49. The van der Waals surface area contributed by atoms with Gasteiger partial charge in [0.25, 0.3) is 0 Å². The second-order valence-corrected chi connectivity index (χ2v) is 7.06. The number of carbonyl (C=O) groups is 2. The summed E-state index contributed by atoms with van der Waals surface area (Å²) in [5.74, 6) is -0.780. The van der Waals surface area contributed by atoms with Crippen LogP contribution in [0.3, 0.4) is 0 Å². The summed E-state index contributed by atoms with van der Waals surface area (Å²) in [6.07, 6.45) is 1.61. The van der Waals surface area contributed by atoms with Gasteiger partial charge in [0.2, 0.25) is 11.8 Å². The predicted octanol–water partition coefficient (Wildman–Crippen LogP) is 2.62. The molecule has 1 atom stereocenters. The van der Waals surface area contributed by atoms with E-state index in [1.54, 1.807) is 23.1 Å². The van der Waals surface area contributed by atoms with Crippen LogP contribution >= 0.6 is 11.6 Å². The third kappa shape index (κ3) is 3.59. The van der Waals surface area contributed by atoms with E-state index >= 15 is 0 Å². The van der Waals surface area contributed by atoms with Gasteiger partial charge in [0.1, 0.15) is 6.33 Å². The SMILES string of the molecule is Cc1ccc(N2CC(C(=O)Nc3cc(-n4cnnn4)ccc3Cl)CC2=O)cc1. The van der Waals surface area contributed by atoms with E-state index in [0.717, 1.165) is 11.3 Å². The number of aromatic nitrogens is 4. The smallest absolute Gasteiger partial charge is 0.229 e. The summed E-state index contributed by atoms with van der Waals surface area (Å²) in [6.45, 7) is 2.32. The number of hydrogen-bond acceptors (Lipinski definition) is 5. The van der Waals surface area contributed by atoms with Crippen LogP contribution in [0.1, 0.15) is 12.0 Å². The first-order valence-electron chi connectivity index (χ1n) is 8.72. The molecule has 1 N–H and O–H groups in total. The van der Waals surface area contributed by atoms with Crippen LogP contribution in [0.2, 0.25) is 5.02 Å². The Morgan fingerprint density at radius 1 is 1.18 bits per heavy atom. The molecule has 0 saturated carbocycles. The van der Waals surface area contributed by atoms with Crippen molar-refractivity contribution in [2.24, 2.45) is 5.92 Å². The quantitative estimate of drug-likeness (QED) is 0.731. The van der Waals surface area contributed by atoms with Gasteiger partial charge in [-0.2, -0.15) is 0 Å². The average molecular weight is 397 g/mol. The molecule has 1 unspecified atom stereocenters. The van der Waals surface area contributed by atoms with E-state index in [4.69, 9.17) is 11.6 Å². The van der Waals surface area contributed by atoms with Crippen molar-refractivity contribution in [3.63, 3.8) is 0 Å². The van der Waals surface area contributed by atoms with Gasteiger partial charge in [0.15, 0.2) is 0 Å². The zero-order valence-electron chi connectivity index (χ0n) is 15.0. The van der Waals surface area contributed by atoms with E-state index in [1.165, 1.54) is 11.0 Å². The first-order chi connectivity index (χ1) is 13.5. The van der Waals surface area contributed by atoms with E-state index < -0.39 is 5.92 Å². The second-order valence-electron chi connectivity index (χ2n) is 6.65. The average Bonchev–Trinajstić information content (AvgIpc) is 3.34. The third-order valence-electron chi connectivity index (χ3n) is 4.66. The van der Waals surface area contributed by atoms with Gasteiger partial charge < -0.3 is 10.2 Å². The number of tetrazole rings is 1. The zero-order valence-corrected chi connectivity index (χ0v) is 15.8. The van der Waals surface area contributed by atoms with Crippen molar-refractivity contribution in [2.45, 2.75) is 13.3 Å². The van der Waals surface area contributed by atoms with Crippen molar-refractivity contribution in [3.05, 3.63) is 59.4 Å². The highest BCUT2D eigenvalue weighted by molar-refractivity contribution is 6.33. The highest BCUT2D eigenvalue weighted by Crippen LogP contribution is 2.29. The fourth-order valence-corrected chi connectivity index (χ4v) is 3.29. The molecule has 3 aromatic rings. The Kier molecular flexibility index (Phi) is 4.79. The van der Waals surface area contributed by atoms with Gasteiger partial charge in [0.05, 0.1) is 22.3 Å². The first kappa shape index (κ1) is 18.1. The highest BCUT2D eigenvalue weighted by atomic mass is 35.5. The molecule has 28 heavy (non-hydrogen) atoms. The normalized spacial score (nSPS) is 16.4. The minimum Gasteiger partial charge on any atom is -0.324 e. The summed E-state index contributed by atoms with van der Waals surface area (Å²) in [6, 6.07) is 12.8. The van der Waals surface area contributed by atoms with E-state index in [2.05, 4.69) is 20.8 Å². The van der Waals surface area contributed by atoms with Gasteiger partial charge in [-0.15, -0.1) is 5.10 Å². The lowest BCUT2D eigenvalue weighted by Crippen LogP contribution is -2.28. The molecule has 0 spiro atoms. The van der Waals surface area contributed by atoms with Gasteiger partial charge in [-0.05, 0) is 47.7 Å². The summed E-state index contributed by atoms with van der Waals surface area (Å²) in [5.41, 5.74) is 3.01. The molecule has 1 saturated heterocycles. The van der Waals surface area contributed by atoms with Crippen molar-refractivity contribution in [3.8, 4) is 5.69 Å². The van der Waals surface area contributed by atoms with Crippen LogP contribution < -0.4 is 10.2 Å². The van der Waals surface area contributed by atoms with Crippen molar-refractivity contribution < 1.29 is 9.59 Å². The molecule has 2 aromatic carbocycles. The second kappa shape index (κ2) is 7.40. The number of anilines is 2. The number of halogens is 1. The van der Waals surface area contributed by atoms with E-state index in [0.29, 0.717) is 22.9 Å². The predicted molar refractivity (Wildman–Crippen MR) is 104 cm³/mol. The van der Waals surface area contributed by atoms with Crippen LogP contribution in [0.4, 0.5) is 11.4 Å². The molecular weight excluding hydrogens is 380 g/mol. The number of nitrogens with zero attached hydrogens (tertiary/aromatic N) is 5. The van der Waals surface area contributed by atoms with Gasteiger partial charge in [-0.1, -0.05) is 29.3 Å². The molecule has 1 aromatic heterocycles. The van der Waals surface area contributed by atoms with E-state index in [9.17, 15) is 9.59 Å². The maximum atomic E-state index is 12.7. The fraction of sp³-hybridized carbons (Fsp3) is 0.211. The molecule has 1 aliphatic heterocycles. The molecule has 2 heterocycles. The standard InChI is InChI=1S/C19H17ClN6O2/c1-12-2-4-14(5-3-12)25-10-13(8-18(25)27)19(28)22-17-9-15(6-7-16(17)20)26-11-21-23-24-26/h2-7,9,11,13H,8,10H2,1H3,(H,22,28). The van der Waals surface area contributed by atoms with Crippen molar-refractivity contribution in [1.82, 2.24) is 20.2 Å². The Hall–Kier alpha value is -3.26. The maximum absolute atomic E-state index is 12.7. The van der Waals surface area contributed by atoms with Gasteiger partial charge >= 0.3 is 0 Å². The summed E-state index contributed by atoms with van der Waals surface area (Å²) in [5, 5.41) is 14.2. The van der Waals surface area contributed by atoms with Crippen molar-refractivity contribution in [2.75, 3.05) is 16.8 Å². The molecular formula is C19H17ClN6O2. The van der Waals surface area contributed by atoms with Crippen LogP contribution in [0.5, 0.6) is 0 Å². The largest absolute Gasteiger partial charge is 0.324 e. The van der Waals surface area contributed by atoms with Crippen LogP contribution in [0, 0.1) is 12.8 Å². The molecule has 1 aliphatic rings. The maximum Gasteiger partial charge on any atom is 0.229 e. The molecule has 0 radical (unpaired) electrons. The first-order valence-corrected chi connectivity index (χ1v) is 9.10. The number of carbonyl (C=O) groups excluding carboxylic acids is 2. The fourth-order valence-electron chi connectivity index (χ4n) is 3.12. The number of hydrogen-bond donors (Lipinski definition) is 1. The van der Waals surface area contributed by atoms with Gasteiger partial charge in [-0.3, -0.25) is 9.59 Å². The van der Waals surface area contributed by atoms with Crippen molar-refractivity contribution in [1.29, 1.82) is 0 Å². The number of nitrogens with one attached hydrogen (secondary N) is 1. The molecule has 4 rings (SSSR count). The minimum atomic E-state index is -0.457. The molecule has 2 amide bonds. The lowest BCUT2D eigenvalue weighted by molar-refractivity contribution is -0.122. The summed E-state index contributed by atoms with van der Waals surface area (Å²) < 4.78 is 1.46. The number of rotatable bonds is 4. The molecule has 9 heteroatoms. The third-order valence-corrected chi connectivity index (χ3v) is 4.99.